The van der Waals surface area contributed by atoms with Crippen molar-refractivity contribution < 1.29 is 4.79 Å². The van der Waals surface area contributed by atoms with Crippen LogP contribution in [0.25, 0.3) is 0 Å². The van der Waals surface area contributed by atoms with Gasteiger partial charge in [-0.1, -0.05) is 43.3 Å². The van der Waals surface area contributed by atoms with Crippen LogP contribution in [0, 0.1) is 30.1 Å². The number of hydrogen-bond acceptors (Lipinski definition) is 4. The molecule has 0 radical (unpaired) electrons. The number of nitrogens with zero attached hydrogens (tertiary/aromatic N) is 2. The molecule has 2 fully saturated rings. The van der Waals surface area contributed by atoms with E-state index in [1.165, 1.54) is 60.3 Å². The van der Waals surface area contributed by atoms with Gasteiger partial charge in [0.1, 0.15) is 5.69 Å². The highest BCUT2D eigenvalue weighted by atomic mass is 32.1. The van der Waals surface area contributed by atoms with E-state index < -0.39 is 0 Å². The smallest absolute Gasteiger partial charge is 0.274 e. The molecule has 0 spiro atoms. The largest absolute Gasteiger partial charge is 0.380 e. The maximum atomic E-state index is 13.6. The van der Waals surface area contributed by atoms with E-state index in [1.807, 2.05) is 4.90 Å². The van der Waals surface area contributed by atoms with E-state index in [0.29, 0.717) is 17.2 Å². The monoisotopic (exact) mass is 509 g/mol. The molecule has 2 aliphatic carbocycles. The number of terminal acetylenes is 1. The Labute approximate surface area is 224 Å². The molecule has 2 aromatic carbocycles. The van der Waals surface area contributed by atoms with E-state index >= 15 is 0 Å². The first kappa shape index (κ1) is 24.2. The molecule has 3 aliphatic rings. The lowest BCUT2D eigenvalue weighted by molar-refractivity contribution is 0.0689. The van der Waals surface area contributed by atoms with Gasteiger partial charge in [0, 0.05) is 23.2 Å². The normalized spacial score (nSPS) is 28.7. The Morgan fingerprint density at radius 3 is 2.54 bits per heavy atom. The van der Waals surface area contributed by atoms with E-state index in [1.54, 1.807) is 5.38 Å². The van der Waals surface area contributed by atoms with Crippen LogP contribution in [0.4, 0.5) is 5.69 Å². The van der Waals surface area contributed by atoms with Crippen molar-refractivity contribution in [2.75, 3.05) is 11.9 Å². The van der Waals surface area contributed by atoms with E-state index in [2.05, 4.69) is 78.6 Å². The second-order valence-corrected chi connectivity index (χ2v) is 12.7. The van der Waals surface area contributed by atoms with Gasteiger partial charge in [-0.25, -0.2) is 4.98 Å². The van der Waals surface area contributed by atoms with Gasteiger partial charge in [-0.15, -0.1) is 17.8 Å². The van der Waals surface area contributed by atoms with Gasteiger partial charge >= 0.3 is 0 Å². The van der Waals surface area contributed by atoms with Crippen LogP contribution >= 0.6 is 11.3 Å². The first-order valence-electron chi connectivity index (χ1n) is 13.6. The van der Waals surface area contributed by atoms with Crippen molar-refractivity contribution in [3.8, 4) is 12.3 Å². The molecule has 3 aromatic rings. The van der Waals surface area contributed by atoms with Gasteiger partial charge in [0.15, 0.2) is 5.01 Å². The SMILES string of the molecule is C#Cc1nc(C(=O)N2CCc3ccccc3C2c2ccc(NC3(C)CC4CC(C)CC(C4)C3)cc2)cs1. The first-order valence-corrected chi connectivity index (χ1v) is 14.5. The van der Waals surface area contributed by atoms with Gasteiger partial charge in [0.25, 0.3) is 5.91 Å². The third kappa shape index (κ3) is 4.80. The third-order valence-electron chi connectivity index (χ3n) is 8.68. The van der Waals surface area contributed by atoms with Gasteiger partial charge in [-0.3, -0.25) is 4.79 Å². The van der Waals surface area contributed by atoms with E-state index in [0.717, 1.165) is 29.7 Å². The van der Waals surface area contributed by atoms with Crippen molar-refractivity contribution in [3.05, 3.63) is 81.3 Å². The van der Waals surface area contributed by atoms with E-state index in [9.17, 15) is 4.79 Å². The summed E-state index contributed by atoms with van der Waals surface area (Å²) in [7, 11) is 0. The predicted molar refractivity (Wildman–Crippen MR) is 151 cm³/mol. The fourth-order valence-corrected chi connectivity index (χ4v) is 8.11. The summed E-state index contributed by atoms with van der Waals surface area (Å²) in [5, 5.41) is 6.24. The Balaban J connectivity index is 1.27. The quantitative estimate of drug-likeness (QED) is 0.388. The molecule has 5 heteroatoms. The Kier molecular flexibility index (Phi) is 6.32. The Morgan fingerprint density at radius 1 is 1.11 bits per heavy atom. The fourth-order valence-electron chi connectivity index (χ4n) is 7.52. The Hall–Kier alpha value is -3.10. The number of rotatable bonds is 4. The topological polar surface area (TPSA) is 45.2 Å². The summed E-state index contributed by atoms with van der Waals surface area (Å²) in [5.74, 6) is 5.06. The lowest BCUT2D eigenvalue weighted by Crippen LogP contribution is -2.45. The number of hydrogen-bond donors (Lipinski definition) is 1. The van der Waals surface area contributed by atoms with Crippen molar-refractivity contribution in [1.82, 2.24) is 9.88 Å². The fraction of sp³-hybridized carbons (Fsp3) is 0.438. The summed E-state index contributed by atoms with van der Waals surface area (Å²) >= 11 is 1.35. The molecule has 2 heterocycles. The van der Waals surface area contributed by atoms with Crippen LogP contribution in [-0.2, 0) is 6.42 Å². The molecule has 6 rings (SSSR count). The number of nitrogens with one attached hydrogen (secondary N) is 1. The highest BCUT2D eigenvalue weighted by Crippen LogP contribution is 2.47. The van der Waals surface area contributed by atoms with E-state index in [-0.39, 0.29) is 17.5 Å². The molecule has 1 aromatic heterocycles. The molecule has 1 amide bonds. The van der Waals surface area contributed by atoms with Crippen LogP contribution in [-0.4, -0.2) is 27.9 Å². The number of thiazole rings is 1. The van der Waals surface area contributed by atoms with Gasteiger partial charge in [-0.2, -0.15) is 0 Å². The maximum Gasteiger partial charge on any atom is 0.274 e. The van der Waals surface area contributed by atoms with Crippen molar-refractivity contribution >= 4 is 22.9 Å². The van der Waals surface area contributed by atoms with Crippen molar-refractivity contribution in [2.45, 2.75) is 64.0 Å². The molecule has 190 valence electrons. The van der Waals surface area contributed by atoms with Crippen molar-refractivity contribution in [3.63, 3.8) is 0 Å². The maximum absolute atomic E-state index is 13.6. The molecule has 1 N–H and O–H groups in total. The first-order chi connectivity index (χ1) is 17.9. The molecule has 3 atom stereocenters. The third-order valence-corrected chi connectivity index (χ3v) is 9.45. The summed E-state index contributed by atoms with van der Waals surface area (Å²) in [6, 6.07) is 17.1. The molecule has 2 bridgehead atoms. The van der Waals surface area contributed by atoms with Gasteiger partial charge in [0.2, 0.25) is 0 Å². The number of carbonyl (C=O) groups excluding carboxylic acids is 1. The second kappa shape index (κ2) is 9.65. The van der Waals surface area contributed by atoms with E-state index in [4.69, 9.17) is 6.42 Å². The Morgan fingerprint density at radius 2 is 1.84 bits per heavy atom. The molecular weight excluding hydrogens is 474 g/mol. The summed E-state index contributed by atoms with van der Waals surface area (Å²) < 4.78 is 0. The van der Waals surface area contributed by atoms with Crippen molar-refractivity contribution in [2.24, 2.45) is 17.8 Å². The van der Waals surface area contributed by atoms with Crippen LogP contribution in [0.15, 0.2) is 53.9 Å². The number of benzene rings is 2. The number of carbonyl (C=O) groups is 1. The van der Waals surface area contributed by atoms with Crippen LogP contribution in [0.5, 0.6) is 0 Å². The summed E-state index contributed by atoms with van der Waals surface area (Å²) in [6.07, 6.45) is 13.0. The molecule has 4 nitrogen and oxygen atoms in total. The minimum Gasteiger partial charge on any atom is -0.380 e. The average molecular weight is 510 g/mol. The molecule has 1 aliphatic heterocycles. The average Bonchev–Trinajstić information content (AvgIpc) is 3.36. The zero-order valence-electron chi connectivity index (χ0n) is 21.7. The summed E-state index contributed by atoms with van der Waals surface area (Å²) in [6.45, 7) is 5.49. The molecular formula is C32H35N3OS. The zero-order chi connectivity index (χ0) is 25.6. The van der Waals surface area contributed by atoms with Crippen LogP contribution in [0.2, 0.25) is 0 Å². The van der Waals surface area contributed by atoms with Crippen LogP contribution in [0.3, 0.4) is 0 Å². The Bertz CT molecular complexity index is 1320. The second-order valence-electron chi connectivity index (χ2n) is 11.8. The minimum atomic E-state index is -0.145. The number of anilines is 1. The number of amides is 1. The summed E-state index contributed by atoms with van der Waals surface area (Å²) in [4.78, 5) is 19.9. The lowest BCUT2D eigenvalue weighted by Gasteiger charge is -2.48. The molecule has 0 saturated heterocycles. The minimum absolute atomic E-state index is 0.0602. The van der Waals surface area contributed by atoms with Crippen LogP contribution in [0.1, 0.15) is 84.2 Å². The number of aromatic nitrogens is 1. The van der Waals surface area contributed by atoms with Gasteiger partial charge in [0.05, 0.1) is 6.04 Å². The van der Waals surface area contributed by atoms with Crippen LogP contribution < -0.4 is 5.32 Å². The zero-order valence-corrected chi connectivity index (χ0v) is 22.6. The van der Waals surface area contributed by atoms with Gasteiger partial charge < -0.3 is 10.2 Å². The lowest BCUT2D eigenvalue weighted by atomic mass is 9.62. The number of fused-ring (bicyclic) bond motifs is 3. The predicted octanol–water partition coefficient (Wildman–Crippen LogP) is 6.93. The van der Waals surface area contributed by atoms with Crippen molar-refractivity contribution in [1.29, 1.82) is 0 Å². The summed E-state index contributed by atoms with van der Waals surface area (Å²) in [5.41, 5.74) is 5.37. The molecule has 2 saturated carbocycles. The molecule has 37 heavy (non-hydrogen) atoms. The van der Waals surface area contributed by atoms with Gasteiger partial charge in [-0.05, 0) is 97.9 Å². The highest BCUT2D eigenvalue weighted by molar-refractivity contribution is 7.10. The standard InChI is InChI=1S/C32H35N3OS/c1-4-29-33-28(20-37-29)31(36)35-14-13-24-7-5-6-8-27(24)30(35)25-9-11-26(12-10-25)34-32(3)18-22-15-21(2)16-23(17-22)19-32/h1,5-12,20-23,30,34H,13-19H2,2-3H3. The molecule has 3 unspecified atom stereocenters. The highest BCUT2D eigenvalue weighted by Gasteiger charge is 2.41.